The molecule has 1 aromatic carbocycles. The van der Waals surface area contributed by atoms with Crippen LogP contribution in [-0.2, 0) is 57.8 Å². The SMILES string of the molecule is CCN(CC)C(=O)[C@]1(c2ccccc2)C[C@@H]1CNC(=O)O[C@@H]1O[C@H](C(=O)OC)[C@@H](OC(C)=O)[C@H](OC(C)=O)[C@H]1OC(C)=O. The largest absolute Gasteiger partial charge is 0.467 e. The minimum Gasteiger partial charge on any atom is -0.467 e. The highest BCUT2D eigenvalue weighted by Gasteiger charge is 2.62. The van der Waals surface area contributed by atoms with Crippen molar-refractivity contribution in [2.75, 3.05) is 26.7 Å². The number of methoxy groups -OCH3 is 1. The molecule has 1 saturated carbocycles. The molecule has 1 saturated heterocycles. The van der Waals surface area contributed by atoms with E-state index in [1.807, 2.05) is 44.2 Å². The number of amides is 2. The standard InChI is InChI=1S/C29H38N2O12/c1-7-31(8-2)27(36)29(19-12-10-9-11-13-19)14-20(29)15-30-28(37)43-26-24(41-18(5)34)22(40-17(4)33)21(39-16(3)32)23(42-26)25(35)38-6/h9-13,20-24,26H,7-8,14-15H2,1-6H3,(H,30,37)/t20-,21+,22+,23+,24-,26+,29+/m1/s1. The summed E-state index contributed by atoms with van der Waals surface area (Å²) in [5.74, 6) is -3.91. The Morgan fingerprint density at radius 2 is 1.42 bits per heavy atom. The summed E-state index contributed by atoms with van der Waals surface area (Å²) in [4.78, 5) is 76.6. The molecule has 2 fully saturated rings. The fourth-order valence-electron chi connectivity index (χ4n) is 5.37. The molecule has 0 bridgehead atoms. The van der Waals surface area contributed by atoms with Crippen molar-refractivity contribution in [3.63, 3.8) is 0 Å². The molecule has 1 heterocycles. The van der Waals surface area contributed by atoms with Gasteiger partial charge in [-0.1, -0.05) is 30.3 Å². The molecule has 1 N–H and O–H groups in total. The van der Waals surface area contributed by atoms with Gasteiger partial charge in [0.25, 0.3) is 0 Å². The van der Waals surface area contributed by atoms with Crippen molar-refractivity contribution in [1.82, 2.24) is 10.2 Å². The quantitative estimate of drug-likeness (QED) is 0.282. The summed E-state index contributed by atoms with van der Waals surface area (Å²) in [6, 6.07) is 9.30. The van der Waals surface area contributed by atoms with E-state index in [1.54, 1.807) is 4.90 Å². The molecular formula is C29H38N2O12. The average molecular weight is 607 g/mol. The van der Waals surface area contributed by atoms with E-state index in [9.17, 15) is 28.8 Å². The summed E-state index contributed by atoms with van der Waals surface area (Å²) in [6.07, 6.45) is -8.82. The Kier molecular flexibility index (Phi) is 11.1. The lowest BCUT2D eigenvalue weighted by atomic mass is 9.91. The topological polar surface area (TPSA) is 173 Å². The average Bonchev–Trinajstić information content (AvgIpc) is 3.70. The first-order valence-corrected chi connectivity index (χ1v) is 13.9. The normalized spacial score (nSPS) is 27.6. The highest BCUT2D eigenvalue weighted by molar-refractivity contribution is 5.92. The van der Waals surface area contributed by atoms with Gasteiger partial charge >= 0.3 is 30.0 Å². The smallest absolute Gasteiger partial charge is 0.409 e. The van der Waals surface area contributed by atoms with Crippen LogP contribution in [0.3, 0.4) is 0 Å². The third kappa shape index (κ3) is 7.61. The zero-order chi connectivity index (χ0) is 31.9. The maximum Gasteiger partial charge on any atom is 0.409 e. The number of carbonyl (C=O) groups is 6. The van der Waals surface area contributed by atoms with Gasteiger partial charge in [0.1, 0.15) is 0 Å². The van der Waals surface area contributed by atoms with Gasteiger partial charge in [-0.05, 0) is 31.7 Å². The summed E-state index contributed by atoms with van der Waals surface area (Å²) < 4.78 is 31.5. The number of carbonyl (C=O) groups excluding carboxylic acids is 6. The van der Waals surface area contributed by atoms with Crippen LogP contribution in [0, 0.1) is 5.92 Å². The highest BCUT2D eigenvalue weighted by atomic mass is 16.8. The van der Waals surface area contributed by atoms with Gasteiger partial charge in [-0.2, -0.15) is 0 Å². The highest BCUT2D eigenvalue weighted by Crippen LogP contribution is 2.55. The number of esters is 4. The number of hydrogen-bond acceptors (Lipinski definition) is 12. The first kappa shape index (κ1) is 33.3. The number of nitrogens with zero attached hydrogens (tertiary/aromatic N) is 1. The van der Waals surface area contributed by atoms with E-state index in [2.05, 4.69) is 5.32 Å². The summed E-state index contributed by atoms with van der Waals surface area (Å²) in [5.41, 5.74) is 0.00906. The molecule has 0 unspecified atom stereocenters. The lowest BCUT2D eigenvalue weighted by molar-refractivity contribution is -0.288. The van der Waals surface area contributed by atoms with Gasteiger partial charge in [-0.15, -0.1) is 0 Å². The molecule has 3 rings (SSSR count). The first-order valence-electron chi connectivity index (χ1n) is 13.9. The molecule has 14 nitrogen and oxygen atoms in total. The first-order chi connectivity index (χ1) is 20.4. The molecular weight excluding hydrogens is 568 g/mol. The van der Waals surface area contributed by atoms with Crippen molar-refractivity contribution in [2.45, 2.75) is 77.2 Å². The van der Waals surface area contributed by atoms with Gasteiger partial charge in [0, 0.05) is 40.4 Å². The molecule has 14 heteroatoms. The van der Waals surface area contributed by atoms with E-state index in [0.29, 0.717) is 19.5 Å². The van der Waals surface area contributed by atoms with Gasteiger partial charge in [-0.3, -0.25) is 19.2 Å². The zero-order valence-corrected chi connectivity index (χ0v) is 25.0. The Balaban J connectivity index is 1.82. The number of hydrogen-bond donors (Lipinski definition) is 1. The summed E-state index contributed by atoms with van der Waals surface area (Å²) in [6.45, 7) is 8.06. The second kappa shape index (κ2) is 14.3. The monoisotopic (exact) mass is 606 g/mol. The molecule has 7 atom stereocenters. The van der Waals surface area contributed by atoms with Crippen LogP contribution < -0.4 is 5.32 Å². The molecule has 0 spiro atoms. The van der Waals surface area contributed by atoms with Crippen LogP contribution in [-0.4, -0.2) is 98.2 Å². The summed E-state index contributed by atoms with van der Waals surface area (Å²) >= 11 is 0. The van der Waals surface area contributed by atoms with Crippen LogP contribution in [0.1, 0.15) is 46.6 Å². The van der Waals surface area contributed by atoms with Crippen molar-refractivity contribution in [3.8, 4) is 0 Å². The molecule has 0 radical (unpaired) electrons. The van der Waals surface area contributed by atoms with Gasteiger partial charge in [0.05, 0.1) is 12.5 Å². The van der Waals surface area contributed by atoms with E-state index in [-0.39, 0.29) is 18.4 Å². The fourth-order valence-corrected chi connectivity index (χ4v) is 5.37. The van der Waals surface area contributed by atoms with E-state index in [1.165, 1.54) is 0 Å². The van der Waals surface area contributed by atoms with Crippen molar-refractivity contribution in [2.24, 2.45) is 5.92 Å². The van der Waals surface area contributed by atoms with Crippen LogP contribution >= 0.6 is 0 Å². The molecule has 2 aliphatic rings. The van der Waals surface area contributed by atoms with E-state index in [4.69, 9.17) is 28.4 Å². The van der Waals surface area contributed by atoms with Crippen LogP contribution in [0.4, 0.5) is 4.79 Å². The van der Waals surface area contributed by atoms with E-state index >= 15 is 0 Å². The third-order valence-corrected chi connectivity index (χ3v) is 7.38. The number of alkyl carbamates (subject to hydrolysis) is 1. The second-order valence-corrected chi connectivity index (χ2v) is 10.2. The van der Waals surface area contributed by atoms with Crippen LogP contribution in [0.25, 0.3) is 0 Å². The predicted molar refractivity (Wildman–Crippen MR) is 146 cm³/mol. The lowest BCUT2D eigenvalue weighted by Crippen LogP contribution is -2.64. The third-order valence-electron chi connectivity index (χ3n) is 7.38. The Hall–Kier alpha value is -4.20. The minimum absolute atomic E-state index is 0.0453. The number of nitrogens with one attached hydrogen (secondary N) is 1. The molecule has 0 aromatic heterocycles. The molecule has 236 valence electrons. The zero-order valence-electron chi connectivity index (χ0n) is 25.0. The van der Waals surface area contributed by atoms with Gasteiger partial charge < -0.3 is 38.6 Å². The second-order valence-electron chi connectivity index (χ2n) is 10.2. The predicted octanol–water partition coefficient (Wildman–Crippen LogP) is 1.23. The number of benzene rings is 1. The Morgan fingerprint density at radius 1 is 0.860 bits per heavy atom. The molecule has 1 aliphatic heterocycles. The maximum atomic E-state index is 13.6. The Labute approximate surface area is 249 Å². The van der Waals surface area contributed by atoms with Gasteiger partial charge in [0.2, 0.25) is 18.3 Å². The van der Waals surface area contributed by atoms with Crippen molar-refractivity contribution >= 4 is 35.9 Å². The van der Waals surface area contributed by atoms with Crippen LogP contribution in [0.2, 0.25) is 0 Å². The summed E-state index contributed by atoms with van der Waals surface area (Å²) in [5, 5.41) is 2.62. The number of ether oxygens (including phenoxy) is 6. The lowest BCUT2D eigenvalue weighted by Gasteiger charge is -2.42. The Bertz CT molecular complexity index is 1200. The van der Waals surface area contributed by atoms with Crippen molar-refractivity contribution in [3.05, 3.63) is 35.9 Å². The molecule has 43 heavy (non-hydrogen) atoms. The summed E-state index contributed by atoms with van der Waals surface area (Å²) in [7, 11) is 1.05. The minimum atomic E-state index is -1.78. The van der Waals surface area contributed by atoms with Gasteiger partial charge in [-0.25, -0.2) is 9.59 Å². The van der Waals surface area contributed by atoms with E-state index in [0.717, 1.165) is 33.4 Å². The Morgan fingerprint density at radius 3 is 1.95 bits per heavy atom. The van der Waals surface area contributed by atoms with Crippen molar-refractivity contribution < 1.29 is 57.2 Å². The van der Waals surface area contributed by atoms with Crippen LogP contribution in [0.5, 0.6) is 0 Å². The maximum absolute atomic E-state index is 13.6. The van der Waals surface area contributed by atoms with Crippen LogP contribution in [0.15, 0.2) is 30.3 Å². The van der Waals surface area contributed by atoms with Gasteiger partial charge in [0.15, 0.2) is 18.3 Å². The number of rotatable bonds is 11. The molecule has 1 aliphatic carbocycles. The molecule has 1 aromatic rings. The fraction of sp³-hybridized carbons (Fsp3) is 0.586. The number of likely N-dealkylation sites (N-methyl/N-ethyl adjacent to an activating group) is 1. The molecule has 2 amide bonds. The van der Waals surface area contributed by atoms with Crippen molar-refractivity contribution in [1.29, 1.82) is 0 Å². The van der Waals surface area contributed by atoms with E-state index < -0.39 is 66.1 Å².